The van der Waals surface area contributed by atoms with Crippen LogP contribution < -0.4 is 5.32 Å². The number of likely N-dealkylation sites (tertiary alicyclic amines) is 1. The summed E-state index contributed by atoms with van der Waals surface area (Å²) in [5, 5.41) is 13.3. The third kappa shape index (κ3) is 3.03. The van der Waals surface area contributed by atoms with E-state index < -0.39 is 11.6 Å². The molecule has 6 heteroatoms. The number of aliphatic hydroxyl groups excluding tert-OH is 1. The van der Waals surface area contributed by atoms with Crippen LogP contribution in [0.15, 0.2) is 30.3 Å². The third-order valence-electron chi connectivity index (χ3n) is 5.36. The first-order chi connectivity index (χ1) is 11.4. The molecule has 0 radical (unpaired) electrons. The van der Waals surface area contributed by atoms with E-state index in [-0.39, 0.29) is 17.9 Å². The lowest BCUT2D eigenvalue weighted by atomic mass is 9.80. The van der Waals surface area contributed by atoms with E-state index in [1.54, 1.807) is 0 Å². The second-order valence-corrected chi connectivity index (χ2v) is 7.02. The number of rotatable bonds is 4. The summed E-state index contributed by atoms with van der Waals surface area (Å²) < 4.78 is 0. The number of carbonyl (C=O) groups excluding carboxylic acids is 2. The minimum Gasteiger partial charge on any atom is -0.387 e. The molecule has 2 saturated heterocycles. The van der Waals surface area contributed by atoms with E-state index >= 15 is 0 Å². The number of hydrogen-bond donors (Lipinski definition) is 2. The molecule has 0 spiro atoms. The van der Waals surface area contributed by atoms with Crippen molar-refractivity contribution in [2.24, 2.45) is 5.92 Å². The van der Waals surface area contributed by atoms with Gasteiger partial charge in [-0.1, -0.05) is 30.3 Å². The Morgan fingerprint density at radius 2 is 2.04 bits per heavy atom. The van der Waals surface area contributed by atoms with Crippen molar-refractivity contribution in [2.75, 3.05) is 26.7 Å². The van der Waals surface area contributed by atoms with Crippen molar-refractivity contribution < 1.29 is 14.7 Å². The van der Waals surface area contributed by atoms with Gasteiger partial charge in [0.25, 0.3) is 5.91 Å². The van der Waals surface area contributed by atoms with Gasteiger partial charge in [0.2, 0.25) is 0 Å². The highest BCUT2D eigenvalue weighted by atomic mass is 16.3. The standard InChI is InChI=1S/C18H25N3O3/c1-18(16(23)20(2)17(24)19-18)14-9-6-10-21(11-14)12-15(22)13-7-4-3-5-8-13/h3-5,7-8,14-15,22H,6,9-12H2,1-2H3,(H,19,24)/t14-,15+,18-/m1/s1. The number of amides is 3. The number of nitrogens with zero attached hydrogens (tertiary/aromatic N) is 2. The Morgan fingerprint density at radius 1 is 1.33 bits per heavy atom. The Kier molecular flexibility index (Phi) is 4.60. The van der Waals surface area contributed by atoms with Crippen LogP contribution >= 0.6 is 0 Å². The van der Waals surface area contributed by atoms with E-state index in [1.165, 1.54) is 7.05 Å². The Morgan fingerprint density at radius 3 is 2.67 bits per heavy atom. The molecule has 3 amide bonds. The van der Waals surface area contributed by atoms with Gasteiger partial charge in [-0.3, -0.25) is 9.69 Å². The SMILES string of the molecule is CN1C(=O)N[C@](C)([C@@H]2CCCN(C[C@H](O)c3ccccc3)C2)C1=O. The molecule has 2 aliphatic rings. The normalized spacial score (nSPS) is 29.6. The molecule has 1 aromatic rings. The quantitative estimate of drug-likeness (QED) is 0.818. The summed E-state index contributed by atoms with van der Waals surface area (Å²) in [7, 11) is 1.52. The summed E-state index contributed by atoms with van der Waals surface area (Å²) in [4.78, 5) is 27.6. The number of β-amino-alcohol motifs (C(OH)–C–C–N with tert-alkyl or cyclic N) is 1. The minimum atomic E-state index is -0.845. The van der Waals surface area contributed by atoms with Gasteiger partial charge >= 0.3 is 6.03 Å². The molecule has 2 heterocycles. The van der Waals surface area contributed by atoms with E-state index in [0.29, 0.717) is 13.1 Å². The highest BCUT2D eigenvalue weighted by Gasteiger charge is 2.51. The highest BCUT2D eigenvalue weighted by molar-refractivity contribution is 6.06. The van der Waals surface area contributed by atoms with E-state index in [9.17, 15) is 14.7 Å². The zero-order valence-corrected chi connectivity index (χ0v) is 14.2. The number of carbonyl (C=O) groups is 2. The summed E-state index contributed by atoms with van der Waals surface area (Å²) >= 11 is 0. The number of nitrogens with one attached hydrogen (secondary N) is 1. The summed E-state index contributed by atoms with van der Waals surface area (Å²) in [5.41, 5.74) is 0.0539. The first kappa shape index (κ1) is 16.9. The monoisotopic (exact) mass is 331 g/mol. The first-order valence-electron chi connectivity index (χ1n) is 8.47. The lowest BCUT2D eigenvalue weighted by Crippen LogP contribution is -2.56. The fourth-order valence-corrected chi connectivity index (χ4v) is 3.79. The van der Waals surface area contributed by atoms with Crippen molar-refractivity contribution >= 4 is 11.9 Å². The van der Waals surface area contributed by atoms with Crippen LogP contribution in [0.3, 0.4) is 0 Å². The number of hydrogen-bond acceptors (Lipinski definition) is 4. The smallest absolute Gasteiger partial charge is 0.324 e. The molecule has 0 aromatic heterocycles. The number of benzene rings is 1. The van der Waals surface area contributed by atoms with E-state index in [1.807, 2.05) is 37.3 Å². The first-order valence-corrected chi connectivity index (χ1v) is 8.47. The van der Waals surface area contributed by atoms with E-state index in [2.05, 4.69) is 10.2 Å². The Bertz CT molecular complexity index is 621. The van der Waals surface area contributed by atoms with Crippen LogP contribution in [0.25, 0.3) is 0 Å². The predicted octanol–water partition coefficient (Wildman–Crippen LogP) is 1.37. The average Bonchev–Trinajstić information content (AvgIpc) is 2.80. The lowest BCUT2D eigenvalue weighted by molar-refractivity contribution is -0.132. The van der Waals surface area contributed by atoms with Gasteiger partial charge in [-0.15, -0.1) is 0 Å². The summed E-state index contributed by atoms with van der Waals surface area (Å²) in [6.07, 6.45) is 1.30. The van der Waals surface area contributed by atoms with Crippen LogP contribution in [-0.2, 0) is 4.79 Å². The Hall–Kier alpha value is -1.92. The summed E-state index contributed by atoms with van der Waals surface area (Å²) in [6.45, 7) is 3.95. The number of piperidine rings is 1. The van der Waals surface area contributed by atoms with Gasteiger partial charge in [0, 0.05) is 26.1 Å². The van der Waals surface area contributed by atoms with Gasteiger partial charge in [-0.25, -0.2) is 4.79 Å². The third-order valence-corrected chi connectivity index (χ3v) is 5.36. The number of likely N-dealkylation sites (N-methyl/N-ethyl adjacent to an activating group) is 1. The Balaban J connectivity index is 1.67. The molecule has 2 fully saturated rings. The average molecular weight is 331 g/mol. The van der Waals surface area contributed by atoms with Crippen LogP contribution in [0.4, 0.5) is 4.79 Å². The molecular formula is C18H25N3O3. The van der Waals surface area contributed by atoms with Crippen molar-refractivity contribution in [1.82, 2.24) is 15.1 Å². The topological polar surface area (TPSA) is 72.9 Å². The van der Waals surface area contributed by atoms with Crippen LogP contribution in [0, 0.1) is 5.92 Å². The molecule has 0 bridgehead atoms. The van der Waals surface area contributed by atoms with Crippen molar-refractivity contribution in [1.29, 1.82) is 0 Å². The molecule has 1 aromatic carbocycles. The maximum absolute atomic E-state index is 12.5. The highest BCUT2D eigenvalue weighted by Crippen LogP contribution is 2.32. The lowest BCUT2D eigenvalue weighted by Gasteiger charge is -2.40. The second-order valence-electron chi connectivity index (χ2n) is 7.02. The van der Waals surface area contributed by atoms with Crippen molar-refractivity contribution in [2.45, 2.75) is 31.4 Å². The van der Waals surface area contributed by atoms with Crippen LogP contribution in [0.5, 0.6) is 0 Å². The van der Waals surface area contributed by atoms with E-state index in [0.717, 1.165) is 29.8 Å². The molecule has 24 heavy (non-hydrogen) atoms. The van der Waals surface area contributed by atoms with Crippen LogP contribution in [0.2, 0.25) is 0 Å². The van der Waals surface area contributed by atoms with Gasteiger partial charge in [-0.2, -0.15) is 0 Å². The molecule has 6 nitrogen and oxygen atoms in total. The molecule has 130 valence electrons. The van der Waals surface area contributed by atoms with Gasteiger partial charge < -0.3 is 15.3 Å². The number of imide groups is 1. The Labute approximate surface area is 142 Å². The van der Waals surface area contributed by atoms with E-state index in [4.69, 9.17) is 0 Å². The van der Waals surface area contributed by atoms with Crippen LogP contribution in [0.1, 0.15) is 31.4 Å². The number of urea groups is 1. The molecule has 0 saturated carbocycles. The maximum atomic E-state index is 12.5. The minimum absolute atomic E-state index is 0.0515. The fourth-order valence-electron chi connectivity index (χ4n) is 3.79. The molecule has 3 rings (SSSR count). The molecule has 0 aliphatic carbocycles. The van der Waals surface area contributed by atoms with Gasteiger partial charge in [0.05, 0.1) is 6.10 Å². The molecule has 2 aliphatic heterocycles. The maximum Gasteiger partial charge on any atom is 0.324 e. The largest absolute Gasteiger partial charge is 0.387 e. The number of aliphatic hydroxyl groups is 1. The van der Waals surface area contributed by atoms with Crippen molar-refractivity contribution in [3.8, 4) is 0 Å². The molecular weight excluding hydrogens is 306 g/mol. The van der Waals surface area contributed by atoms with Gasteiger partial charge in [0.1, 0.15) is 5.54 Å². The van der Waals surface area contributed by atoms with Crippen LogP contribution in [-0.4, -0.2) is 59.1 Å². The van der Waals surface area contributed by atoms with Crippen molar-refractivity contribution in [3.63, 3.8) is 0 Å². The molecule has 3 atom stereocenters. The van der Waals surface area contributed by atoms with Gasteiger partial charge in [0.15, 0.2) is 0 Å². The second kappa shape index (κ2) is 6.53. The predicted molar refractivity (Wildman–Crippen MR) is 90.3 cm³/mol. The summed E-state index contributed by atoms with van der Waals surface area (Å²) in [6, 6.07) is 9.27. The summed E-state index contributed by atoms with van der Waals surface area (Å²) in [5.74, 6) is -0.112. The zero-order chi connectivity index (χ0) is 17.3. The van der Waals surface area contributed by atoms with Gasteiger partial charge in [-0.05, 0) is 31.9 Å². The molecule has 0 unspecified atom stereocenters. The molecule has 2 N–H and O–H groups in total. The van der Waals surface area contributed by atoms with Crippen molar-refractivity contribution in [3.05, 3.63) is 35.9 Å². The zero-order valence-electron chi connectivity index (χ0n) is 14.2. The fraction of sp³-hybridized carbons (Fsp3) is 0.556.